The normalized spacial score (nSPS) is 10.2. The SMILES string of the molecule is CCNc1cncc(Nc2ccc(N(CC)CC)cc2)c1. The number of hydrogen-bond donors (Lipinski definition) is 2. The van der Waals surface area contributed by atoms with Crippen molar-refractivity contribution < 1.29 is 0 Å². The summed E-state index contributed by atoms with van der Waals surface area (Å²) in [5.41, 5.74) is 4.35. The minimum absolute atomic E-state index is 0.893. The molecular formula is C17H24N4. The Morgan fingerprint density at radius 1 is 0.905 bits per heavy atom. The molecule has 0 unspecified atom stereocenters. The van der Waals surface area contributed by atoms with E-state index in [-0.39, 0.29) is 0 Å². The molecule has 2 N–H and O–H groups in total. The number of nitrogens with zero attached hydrogens (tertiary/aromatic N) is 2. The Hall–Kier alpha value is -2.23. The van der Waals surface area contributed by atoms with Crippen molar-refractivity contribution in [2.24, 2.45) is 0 Å². The molecule has 0 bridgehead atoms. The number of benzene rings is 1. The molecule has 0 radical (unpaired) electrons. The van der Waals surface area contributed by atoms with Gasteiger partial charge < -0.3 is 15.5 Å². The van der Waals surface area contributed by atoms with Crippen LogP contribution in [0.25, 0.3) is 0 Å². The van der Waals surface area contributed by atoms with Crippen molar-refractivity contribution >= 4 is 22.7 Å². The summed E-state index contributed by atoms with van der Waals surface area (Å²) in [6.45, 7) is 9.37. The molecule has 2 aromatic rings. The van der Waals surface area contributed by atoms with E-state index in [9.17, 15) is 0 Å². The second-order valence-corrected chi connectivity index (χ2v) is 4.84. The predicted octanol–water partition coefficient (Wildman–Crippen LogP) is 4.10. The Labute approximate surface area is 127 Å². The zero-order chi connectivity index (χ0) is 15.1. The molecular weight excluding hydrogens is 260 g/mol. The molecule has 0 aliphatic heterocycles. The standard InChI is InChI=1S/C17H24N4/c1-4-19-15-11-16(13-18-12-15)20-14-7-9-17(10-8-14)21(5-2)6-3/h7-13,19-20H,4-6H2,1-3H3. The molecule has 2 rings (SSSR count). The fraction of sp³-hybridized carbons (Fsp3) is 0.353. The van der Waals surface area contributed by atoms with E-state index in [1.807, 2.05) is 12.4 Å². The van der Waals surface area contributed by atoms with Crippen LogP contribution in [0.1, 0.15) is 20.8 Å². The molecule has 112 valence electrons. The lowest BCUT2D eigenvalue weighted by Gasteiger charge is -2.21. The number of nitrogens with one attached hydrogen (secondary N) is 2. The first-order valence-corrected chi connectivity index (χ1v) is 7.57. The molecule has 21 heavy (non-hydrogen) atoms. The number of pyridine rings is 1. The Kier molecular flexibility index (Phi) is 5.43. The first-order chi connectivity index (χ1) is 10.3. The average Bonchev–Trinajstić information content (AvgIpc) is 2.51. The number of aromatic nitrogens is 1. The summed E-state index contributed by atoms with van der Waals surface area (Å²) in [4.78, 5) is 6.57. The lowest BCUT2D eigenvalue weighted by atomic mass is 10.2. The van der Waals surface area contributed by atoms with Crippen LogP contribution in [-0.4, -0.2) is 24.6 Å². The third-order valence-electron chi connectivity index (χ3n) is 3.40. The quantitative estimate of drug-likeness (QED) is 0.803. The second-order valence-electron chi connectivity index (χ2n) is 4.84. The summed E-state index contributed by atoms with van der Waals surface area (Å²) in [6.07, 6.45) is 3.66. The van der Waals surface area contributed by atoms with Crippen LogP contribution in [0, 0.1) is 0 Å². The number of hydrogen-bond acceptors (Lipinski definition) is 4. The lowest BCUT2D eigenvalue weighted by Crippen LogP contribution is -2.21. The van der Waals surface area contributed by atoms with E-state index in [0.717, 1.165) is 36.7 Å². The van der Waals surface area contributed by atoms with Crippen molar-refractivity contribution in [1.82, 2.24) is 4.98 Å². The van der Waals surface area contributed by atoms with Crippen LogP contribution in [-0.2, 0) is 0 Å². The van der Waals surface area contributed by atoms with Crippen LogP contribution in [0.15, 0.2) is 42.7 Å². The van der Waals surface area contributed by atoms with Crippen molar-refractivity contribution in [3.05, 3.63) is 42.7 Å². The van der Waals surface area contributed by atoms with Gasteiger partial charge in [0.05, 0.1) is 23.8 Å². The van der Waals surface area contributed by atoms with Gasteiger partial charge in [-0.25, -0.2) is 0 Å². The molecule has 0 amide bonds. The highest BCUT2D eigenvalue weighted by Gasteiger charge is 2.02. The van der Waals surface area contributed by atoms with Gasteiger partial charge in [-0.05, 0) is 51.1 Å². The molecule has 0 saturated carbocycles. The maximum atomic E-state index is 4.24. The fourth-order valence-corrected chi connectivity index (χ4v) is 2.32. The summed E-state index contributed by atoms with van der Waals surface area (Å²) in [5.74, 6) is 0. The van der Waals surface area contributed by atoms with E-state index < -0.39 is 0 Å². The topological polar surface area (TPSA) is 40.2 Å². The van der Waals surface area contributed by atoms with E-state index >= 15 is 0 Å². The van der Waals surface area contributed by atoms with Gasteiger partial charge in [0, 0.05) is 31.0 Å². The number of rotatable bonds is 7. The van der Waals surface area contributed by atoms with Gasteiger partial charge >= 0.3 is 0 Å². The van der Waals surface area contributed by atoms with Gasteiger partial charge in [-0.15, -0.1) is 0 Å². The summed E-state index contributed by atoms with van der Waals surface area (Å²) < 4.78 is 0. The average molecular weight is 284 g/mol. The molecule has 0 aliphatic carbocycles. The fourth-order valence-electron chi connectivity index (χ4n) is 2.32. The maximum absolute atomic E-state index is 4.24. The smallest absolute Gasteiger partial charge is 0.0591 e. The summed E-state index contributed by atoms with van der Waals surface area (Å²) >= 11 is 0. The van der Waals surface area contributed by atoms with Gasteiger partial charge in [0.2, 0.25) is 0 Å². The van der Waals surface area contributed by atoms with Crippen LogP contribution in [0.3, 0.4) is 0 Å². The molecule has 1 heterocycles. The highest BCUT2D eigenvalue weighted by molar-refractivity contribution is 5.65. The molecule has 0 fully saturated rings. The van der Waals surface area contributed by atoms with Crippen LogP contribution in [0.5, 0.6) is 0 Å². The minimum Gasteiger partial charge on any atom is -0.384 e. The highest BCUT2D eigenvalue weighted by Crippen LogP contribution is 2.22. The van der Waals surface area contributed by atoms with Crippen LogP contribution in [0.4, 0.5) is 22.7 Å². The Morgan fingerprint density at radius 2 is 1.57 bits per heavy atom. The van der Waals surface area contributed by atoms with Crippen molar-refractivity contribution in [3.63, 3.8) is 0 Å². The van der Waals surface area contributed by atoms with Gasteiger partial charge in [-0.2, -0.15) is 0 Å². The van der Waals surface area contributed by atoms with E-state index in [0.29, 0.717) is 0 Å². The van der Waals surface area contributed by atoms with Gasteiger partial charge in [-0.3, -0.25) is 4.98 Å². The summed E-state index contributed by atoms with van der Waals surface area (Å²) in [6, 6.07) is 10.6. The van der Waals surface area contributed by atoms with Crippen molar-refractivity contribution in [3.8, 4) is 0 Å². The van der Waals surface area contributed by atoms with E-state index in [4.69, 9.17) is 0 Å². The molecule has 4 heteroatoms. The third-order valence-corrected chi connectivity index (χ3v) is 3.40. The van der Waals surface area contributed by atoms with Crippen molar-refractivity contribution in [2.75, 3.05) is 35.2 Å². The zero-order valence-electron chi connectivity index (χ0n) is 13.1. The van der Waals surface area contributed by atoms with Gasteiger partial charge in [0.15, 0.2) is 0 Å². The molecule has 0 saturated heterocycles. The molecule has 4 nitrogen and oxygen atoms in total. The summed E-state index contributed by atoms with van der Waals surface area (Å²) in [7, 11) is 0. The molecule has 1 aromatic heterocycles. The Balaban J connectivity index is 2.08. The van der Waals surface area contributed by atoms with Gasteiger partial charge in [0.1, 0.15) is 0 Å². The monoisotopic (exact) mass is 284 g/mol. The van der Waals surface area contributed by atoms with Crippen LogP contribution < -0.4 is 15.5 Å². The van der Waals surface area contributed by atoms with Crippen molar-refractivity contribution in [2.45, 2.75) is 20.8 Å². The van der Waals surface area contributed by atoms with Gasteiger partial charge in [-0.1, -0.05) is 0 Å². The Morgan fingerprint density at radius 3 is 2.19 bits per heavy atom. The zero-order valence-corrected chi connectivity index (χ0v) is 13.1. The third kappa shape index (κ3) is 4.12. The lowest BCUT2D eigenvalue weighted by molar-refractivity contribution is 0.866. The highest BCUT2D eigenvalue weighted by atomic mass is 15.1. The predicted molar refractivity (Wildman–Crippen MR) is 91.7 cm³/mol. The van der Waals surface area contributed by atoms with E-state index in [1.54, 1.807) is 0 Å². The second kappa shape index (κ2) is 7.53. The number of anilines is 4. The largest absolute Gasteiger partial charge is 0.384 e. The maximum Gasteiger partial charge on any atom is 0.0591 e. The molecule has 1 aromatic carbocycles. The van der Waals surface area contributed by atoms with E-state index in [2.05, 4.69) is 71.6 Å². The van der Waals surface area contributed by atoms with Crippen LogP contribution >= 0.6 is 0 Å². The summed E-state index contributed by atoms with van der Waals surface area (Å²) in [5, 5.41) is 6.65. The first kappa shape index (κ1) is 15.2. The first-order valence-electron chi connectivity index (χ1n) is 7.57. The minimum atomic E-state index is 0.893. The van der Waals surface area contributed by atoms with Gasteiger partial charge in [0.25, 0.3) is 0 Å². The molecule has 0 aliphatic rings. The Bertz CT molecular complexity index is 547. The van der Waals surface area contributed by atoms with Crippen LogP contribution in [0.2, 0.25) is 0 Å². The van der Waals surface area contributed by atoms with Crippen molar-refractivity contribution in [1.29, 1.82) is 0 Å². The van der Waals surface area contributed by atoms with E-state index in [1.165, 1.54) is 5.69 Å². The molecule has 0 atom stereocenters. The molecule has 0 spiro atoms.